The largest absolute Gasteiger partial charge is 0.489 e. The van der Waals surface area contributed by atoms with Gasteiger partial charge in [0.25, 0.3) is 5.56 Å². The Morgan fingerprint density at radius 3 is 2.49 bits per heavy atom. The second kappa shape index (κ2) is 12.6. The van der Waals surface area contributed by atoms with Crippen LogP contribution in [0.2, 0.25) is 0 Å². The van der Waals surface area contributed by atoms with E-state index in [1.54, 1.807) is 19.1 Å². The molecule has 0 radical (unpaired) electrons. The minimum Gasteiger partial charge on any atom is -0.489 e. The van der Waals surface area contributed by atoms with E-state index in [1.807, 2.05) is 62.4 Å². The van der Waals surface area contributed by atoms with Crippen LogP contribution in [0.1, 0.15) is 43.5 Å². The van der Waals surface area contributed by atoms with Crippen LogP contribution in [0, 0.1) is 13.0 Å². The lowest BCUT2D eigenvalue weighted by Crippen LogP contribution is -2.40. The minimum atomic E-state index is -0.870. The average Bonchev–Trinajstić information content (AvgIpc) is 3.25. The normalized spacial score (nSPS) is 15.1. The predicted molar refractivity (Wildman–Crippen MR) is 175 cm³/mol. The van der Waals surface area contributed by atoms with Crippen LogP contribution in [0.4, 0.5) is 4.39 Å². The molecule has 5 rings (SSSR count). The minimum absolute atomic E-state index is 0.0593. The number of ether oxygens (including phenoxy) is 2. The number of hydrogen-bond donors (Lipinski definition) is 0. The fourth-order valence-corrected chi connectivity index (χ4v) is 7.60. The van der Waals surface area contributed by atoms with E-state index in [1.165, 1.54) is 28.0 Å². The summed E-state index contributed by atoms with van der Waals surface area (Å²) in [5, 5.41) is 0. The fraction of sp³-hybridized carbons (Fsp3) is 0.194. The Hall–Kier alpha value is -2.84. The second-order valence-electron chi connectivity index (χ2n) is 9.46. The SMILES string of the molecule is CCOC(=O)C1=C(c2ccccc2)N=c2s/c(=C\c3cc(I)cc(I)c3OC(C)C)c(=O)n2[C@@H]1c1ccc(F)cc1. The highest BCUT2D eigenvalue weighted by molar-refractivity contribution is 14.1. The molecule has 0 saturated carbocycles. The number of benzene rings is 3. The van der Waals surface area contributed by atoms with Crippen LogP contribution in [0.3, 0.4) is 0 Å². The summed E-state index contributed by atoms with van der Waals surface area (Å²) in [6.07, 6.45) is 1.75. The van der Waals surface area contributed by atoms with Crippen molar-refractivity contribution >= 4 is 74.3 Å². The molecule has 6 nitrogen and oxygen atoms in total. The number of thiazole rings is 1. The number of esters is 1. The molecule has 0 amide bonds. The first-order valence-electron chi connectivity index (χ1n) is 12.9. The molecule has 0 fully saturated rings. The molecule has 0 aliphatic carbocycles. The number of hydrogen-bond acceptors (Lipinski definition) is 6. The van der Waals surface area contributed by atoms with Gasteiger partial charge in [-0.1, -0.05) is 53.8 Å². The molecule has 1 aromatic heterocycles. The van der Waals surface area contributed by atoms with Crippen LogP contribution >= 0.6 is 56.5 Å². The van der Waals surface area contributed by atoms with Crippen LogP contribution in [0.5, 0.6) is 5.75 Å². The van der Waals surface area contributed by atoms with Gasteiger partial charge in [-0.3, -0.25) is 9.36 Å². The Bertz CT molecular complexity index is 1830. The number of nitrogens with zero attached hydrogens (tertiary/aromatic N) is 2. The van der Waals surface area contributed by atoms with E-state index in [2.05, 4.69) is 45.2 Å². The van der Waals surface area contributed by atoms with E-state index < -0.39 is 17.8 Å². The fourth-order valence-electron chi connectivity index (χ4n) is 4.59. The van der Waals surface area contributed by atoms with Crippen molar-refractivity contribution < 1.29 is 18.7 Å². The Kier molecular flexibility index (Phi) is 9.09. The van der Waals surface area contributed by atoms with Crippen molar-refractivity contribution in [3.8, 4) is 5.75 Å². The lowest BCUT2D eigenvalue weighted by molar-refractivity contribution is -0.138. The zero-order valence-corrected chi connectivity index (χ0v) is 27.5. The van der Waals surface area contributed by atoms with Gasteiger partial charge in [-0.25, -0.2) is 14.2 Å². The van der Waals surface area contributed by atoms with Crippen molar-refractivity contribution in [2.75, 3.05) is 6.61 Å². The van der Waals surface area contributed by atoms with Gasteiger partial charge in [-0.05, 0) is 102 Å². The van der Waals surface area contributed by atoms with Crippen molar-refractivity contribution in [1.82, 2.24) is 4.57 Å². The van der Waals surface area contributed by atoms with Crippen LogP contribution < -0.4 is 19.6 Å². The molecule has 1 atom stereocenters. The Morgan fingerprint density at radius 1 is 1.12 bits per heavy atom. The van der Waals surface area contributed by atoms with Crippen molar-refractivity contribution in [2.24, 2.45) is 4.99 Å². The monoisotopic (exact) mass is 794 g/mol. The lowest BCUT2D eigenvalue weighted by atomic mass is 9.93. The van der Waals surface area contributed by atoms with E-state index in [0.29, 0.717) is 31.9 Å². The van der Waals surface area contributed by atoms with Gasteiger partial charge >= 0.3 is 5.97 Å². The van der Waals surface area contributed by atoms with Gasteiger partial charge in [0.15, 0.2) is 4.80 Å². The molecule has 0 bridgehead atoms. The molecule has 0 saturated heterocycles. The van der Waals surface area contributed by atoms with E-state index in [9.17, 15) is 14.0 Å². The molecule has 1 aliphatic heterocycles. The van der Waals surface area contributed by atoms with Gasteiger partial charge in [-0.2, -0.15) is 0 Å². The zero-order valence-electron chi connectivity index (χ0n) is 22.4. The molecule has 0 spiro atoms. The maximum atomic E-state index is 14.1. The summed E-state index contributed by atoms with van der Waals surface area (Å²) in [6, 6.07) is 18.2. The van der Waals surface area contributed by atoms with Crippen LogP contribution in [0.25, 0.3) is 11.8 Å². The van der Waals surface area contributed by atoms with Crippen molar-refractivity contribution in [3.63, 3.8) is 0 Å². The summed E-state index contributed by atoms with van der Waals surface area (Å²) in [5.74, 6) is -0.310. The smallest absolute Gasteiger partial charge is 0.338 e. The molecule has 0 unspecified atom stereocenters. The summed E-state index contributed by atoms with van der Waals surface area (Å²) in [5.41, 5.74) is 2.36. The topological polar surface area (TPSA) is 69.9 Å². The Labute approximate surface area is 267 Å². The first kappa shape index (κ1) is 29.6. The standard InChI is InChI=1S/C31H25FI2N2O4S/c1-4-39-30(38)25-26(18-8-6-5-7-9-18)35-31-36(27(25)19-10-12-21(32)13-11-19)29(37)24(41-31)15-20-14-22(33)16-23(34)28(20)40-17(2)3/h5-17,27H,4H2,1-3H3/b24-15-/t27-/m1/s1. The maximum absolute atomic E-state index is 14.1. The number of halogens is 3. The lowest BCUT2D eigenvalue weighted by Gasteiger charge is -2.25. The highest BCUT2D eigenvalue weighted by Gasteiger charge is 2.35. The summed E-state index contributed by atoms with van der Waals surface area (Å²) in [4.78, 5) is 32.9. The highest BCUT2D eigenvalue weighted by Crippen LogP contribution is 2.35. The molecule has 0 N–H and O–H groups in total. The number of carbonyl (C=O) groups excluding carboxylic acids is 1. The Balaban J connectivity index is 1.83. The van der Waals surface area contributed by atoms with Gasteiger partial charge in [0, 0.05) is 14.7 Å². The quantitative estimate of drug-likeness (QED) is 0.168. The van der Waals surface area contributed by atoms with Crippen LogP contribution in [-0.2, 0) is 9.53 Å². The summed E-state index contributed by atoms with van der Waals surface area (Å²) in [7, 11) is 0. The Morgan fingerprint density at radius 2 is 1.83 bits per heavy atom. The number of carbonyl (C=O) groups is 1. The predicted octanol–water partition coefficient (Wildman–Crippen LogP) is 6.07. The van der Waals surface area contributed by atoms with Crippen molar-refractivity contribution in [2.45, 2.75) is 32.9 Å². The molecular formula is C31H25FI2N2O4S. The summed E-state index contributed by atoms with van der Waals surface area (Å²) >= 11 is 5.71. The molecule has 2 heterocycles. The zero-order chi connectivity index (χ0) is 29.3. The first-order valence-corrected chi connectivity index (χ1v) is 15.8. The third-order valence-electron chi connectivity index (χ3n) is 6.24. The molecule has 210 valence electrons. The molecule has 41 heavy (non-hydrogen) atoms. The van der Waals surface area contributed by atoms with Crippen LogP contribution in [0.15, 0.2) is 82.1 Å². The molecule has 4 aromatic rings. The third-order valence-corrected chi connectivity index (χ3v) is 8.64. The van der Waals surface area contributed by atoms with E-state index in [4.69, 9.17) is 14.5 Å². The van der Waals surface area contributed by atoms with E-state index in [-0.39, 0.29) is 23.8 Å². The van der Waals surface area contributed by atoms with Gasteiger partial charge < -0.3 is 9.47 Å². The summed E-state index contributed by atoms with van der Waals surface area (Å²) in [6.45, 7) is 5.78. The van der Waals surface area contributed by atoms with Gasteiger partial charge in [0.05, 0.1) is 38.1 Å². The van der Waals surface area contributed by atoms with Crippen LogP contribution in [-0.4, -0.2) is 23.2 Å². The van der Waals surface area contributed by atoms with Crippen molar-refractivity contribution in [1.29, 1.82) is 0 Å². The molecule has 1 aliphatic rings. The second-order valence-corrected chi connectivity index (χ2v) is 12.9. The average molecular weight is 794 g/mol. The number of rotatable bonds is 7. The maximum Gasteiger partial charge on any atom is 0.338 e. The van der Waals surface area contributed by atoms with Gasteiger partial charge in [-0.15, -0.1) is 0 Å². The molecular weight excluding hydrogens is 769 g/mol. The van der Waals surface area contributed by atoms with Gasteiger partial charge in [0.1, 0.15) is 11.6 Å². The summed E-state index contributed by atoms with van der Waals surface area (Å²) < 4.78 is 29.4. The van der Waals surface area contributed by atoms with Crippen molar-refractivity contribution in [3.05, 3.63) is 122 Å². The van der Waals surface area contributed by atoms with E-state index in [0.717, 1.165) is 12.7 Å². The highest BCUT2D eigenvalue weighted by atomic mass is 127. The van der Waals surface area contributed by atoms with E-state index >= 15 is 0 Å². The number of fused-ring (bicyclic) bond motifs is 1. The molecule has 3 aromatic carbocycles. The first-order chi connectivity index (χ1) is 19.7. The van der Waals surface area contributed by atoms with Gasteiger partial charge in [0.2, 0.25) is 0 Å². The number of aromatic nitrogens is 1. The third kappa shape index (κ3) is 6.19. The molecule has 10 heteroatoms.